The minimum Gasteiger partial charge on any atom is -0.491 e. The van der Waals surface area contributed by atoms with E-state index < -0.39 is 6.10 Å². The first-order chi connectivity index (χ1) is 10.0. The molecule has 0 bridgehead atoms. The van der Waals surface area contributed by atoms with E-state index in [4.69, 9.17) is 4.74 Å². The number of aliphatic hydroxyl groups is 1. The monoisotopic (exact) mass is 294 g/mol. The summed E-state index contributed by atoms with van der Waals surface area (Å²) >= 11 is 0. The van der Waals surface area contributed by atoms with Crippen LogP contribution in [0, 0.1) is 0 Å². The lowest BCUT2D eigenvalue weighted by Gasteiger charge is -2.15. The molecule has 0 aliphatic rings. The zero-order valence-corrected chi connectivity index (χ0v) is 13.1. The van der Waals surface area contributed by atoms with Gasteiger partial charge in [0.05, 0.1) is 0 Å². The molecule has 0 fully saturated rings. The molecule has 0 aromatic heterocycles. The van der Waals surface area contributed by atoms with E-state index in [0.29, 0.717) is 31.3 Å². The highest BCUT2D eigenvalue weighted by molar-refractivity contribution is 5.75. The Bertz CT molecular complexity index is 418. The highest BCUT2D eigenvalue weighted by Crippen LogP contribution is 2.12. The third-order valence-corrected chi connectivity index (χ3v) is 2.94. The lowest BCUT2D eigenvalue weighted by atomic mass is 10.2. The van der Waals surface area contributed by atoms with E-state index >= 15 is 0 Å². The molecule has 0 aliphatic carbocycles. The molecule has 0 spiro atoms. The Morgan fingerprint density at radius 1 is 1.29 bits per heavy atom. The van der Waals surface area contributed by atoms with Crippen molar-refractivity contribution in [3.8, 4) is 5.75 Å². The molecular weight excluding hydrogens is 268 g/mol. The number of carbonyl (C=O) groups excluding carboxylic acids is 1. The Morgan fingerprint density at radius 2 is 1.95 bits per heavy atom. The highest BCUT2D eigenvalue weighted by atomic mass is 16.5. The maximum absolute atomic E-state index is 11.2. The summed E-state index contributed by atoms with van der Waals surface area (Å²) in [4.78, 5) is 11.2. The fraction of sp³-hybridized carbons (Fsp3) is 0.562. The van der Waals surface area contributed by atoms with Crippen molar-refractivity contribution < 1.29 is 14.6 Å². The second-order valence-corrected chi connectivity index (χ2v) is 5.30. The quantitative estimate of drug-likeness (QED) is 0.645. The van der Waals surface area contributed by atoms with Crippen molar-refractivity contribution >= 4 is 5.91 Å². The van der Waals surface area contributed by atoms with Crippen LogP contribution in [-0.2, 0) is 11.3 Å². The van der Waals surface area contributed by atoms with Gasteiger partial charge in [0.1, 0.15) is 18.5 Å². The Labute approximate surface area is 126 Å². The van der Waals surface area contributed by atoms with Crippen LogP contribution in [0.25, 0.3) is 0 Å². The van der Waals surface area contributed by atoms with Crippen molar-refractivity contribution in [2.45, 2.75) is 45.9 Å². The van der Waals surface area contributed by atoms with Crippen molar-refractivity contribution in [2.24, 2.45) is 0 Å². The summed E-state index contributed by atoms with van der Waals surface area (Å²) in [5, 5.41) is 15.7. The van der Waals surface area contributed by atoms with Gasteiger partial charge in [-0.1, -0.05) is 32.9 Å². The largest absolute Gasteiger partial charge is 0.491 e. The van der Waals surface area contributed by atoms with Crippen molar-refractivity contribution in [2.75, 3.05) is 13.2 Å². The maximum atomic E-state index is 11.2. The normalized spacial score (nSPS) is 12.2. The smallest absolute Gasteiger partial charge is 0.219 e. The number of hydrogen-bond acceptors (Lipinski definition) is 4. The van der Waals surface area contributed by atoms with Gasteiger partial charge in [-0.05, 0) is 17.7 Å². The number of ether oxygens (including phenoxy) is 1. The van der Waals surface area contributed by atoms with Gasteiger partial charge in [-0.2, -0.15) is 0 Å². The van der Waals surface area contributed by atoms with E-state index in [1.54, 1.807) is 0 Å². The van der Waals surface area contributed by atoms with Crippen LogP contribution in [0.2, 0.25) is 0 Å². The van der Waals surface area contributed by atoms with Crippen LogP contribution >= 0.6 is 0 Å². The summed E-state index contributed by atoms with van der Waals surface area (Å²) < 4.78 is 5.52. The fourth-order valence-electron chi connectivity index (χ4n) is 1.65. The van der Waals surface area contributed by atoms with Crippen LogP contribution in [0.15, 0.2) is 24.3 Å². The first kappa shape index (κ1) is 17.5. The standard InChI is InChI=1S/C16H26N2O3/c1-4-16(20)18-9-13-5-7-15(8-6-13)21-11-14(19)10-17-12(2)3/h5-8,12,14,17,19H,4,9-11H2,1-3H3,(H,18,20)/t14-/m1/s1. The molecular formula is C16H26N2O3. The minimum absolute atomic E-state index is 0.0381. The number of aliphatic hydroxyl groups excluding tert-OH is 1. The molecule has 0 heterocycles. The average Bonchev–Trinajstić information content (AvgIpc) is 2.49. The lowest BCUT2D eigenvalue weighted by molar-refractivity contribution is -0.120. The third kappa shape index (κ3) is 7.68. The third-order valence-electron chi connectivity index (χ3n) is 2.94. The van der Waals surface area contributed by atoms with Crippen LogP contribution in [0.4, 0.5) is 0 Å². The van der Waals surface area contributed by atoms with Gasteiger partial charge in [-0.3, -0.25) is 4.79 Å². The Kier molecular flexibility index (Phi) is 7.79. The van der Waals surface area contributed by atoms with Crippen LogP contribution in [-0.4, -0.2) is 36.3 Å². The summed E-state index contributed by atoms with van der Waals surface area (Å²) in [6.07, 6.45) is -0.0420. The van der Waals surface area contributed by atoms with Gasteiger partial charge in [0, 0.05) is 25.6 Å². The van der Waals surface area contributed by atoms with E-state index in [1.807, 2.05) is 45.0 Å². The zero-order chi connectivity index (χ0) is 15.7. The first-order valence-corrected chi connectivity index (χ1v) is 7.41. The zero-order valence-electron chi connectivity index (χ0n) is 13.1. The van der Waals surface area contributed by atoms with Crippen LogP contribution in [0.1, 0.15) is 32.8 Å². The number of amides is 1. The Morgan fingerprint density at radius 3 is 2.52 bits per heavy atom. The molecule has 3 N–H and O–H groups in total. The number of benzene rings is 1. The molecule has 21 heavy (non-hydrogen) atoms. The molecule has 118 valence electrons. The van der Waals surface area contributed by atoms with Gasteiger partial charge in [0.25, 0.3) is 0 Å². The predicted octanol–water partition coefficient (Wildman–Crippen LogP) is 1.45. The van der Waals surface area contributed by atoms with Crippen LogP contribution in [0.3, 0.4) is 0 Å². The number of hydrogen-bond donors (Lipinski definition) is 3. The summed E-state index contributed by atoms with van der Waals surface area (Å²) in [5.41, 5.74) is 1.02. The molecule has 5 heteroatoms. The minimum atomic E-state index is -0.532. The van der Waals surface area contributed by atoms with E-state index in [-0.39, 0.29) is 12.5 Å². The van der Waals surface area contributed by atoms with Gasteiger partial charge in [-0.25, -0.2) is 0 Å². The Hall–Kier alpha value is -1.59. The van der Waals surface area contributed by atoms with Crippen LogP contribution in [0.5, 0.6) is 5.75 Å². The SMILES string of the molecule is CCC(=O)NCc1ccc(OC[C@H](O)CNC(C)C)cc1. The molecule has 0 unspecified atom stereocenters. The highest BCUT2D eigenvalue weighted by Gasteiger charge is 2.06. The molecule has 1 aromatic carbocycles. The van der Waals surface area contributed by atoms with E-state index in [0.717, 1.165) is 5.56 Å². The second kappa shape index (κ2) is 9.37. The molecule has 5 nitrogen and oxygen atoms in total. The summed E-state index contributed by atoms with van der Waals surface area (Å²) in [7, 11) is 0. The van der Waals surface area contributed by atoms with Gasteiger partial charge < -0.3 is 20.5 Å². The van der Waals surface area contributed by atoms with Gasteiger partial charge in [0.2, 0.25) is 5.91 Å². The van der Waals surface area contributed by atoms with Crippen molar-refractivity contribution in [3.05, 3.63) is 29.8 Å². The molecule has 1 aromatic rings. The molecule has 0 radical (unpaired) electrons. The maximum Gasteiger partial charge on any atom is 0.219 e. The number of carbonyl (C=O) groups is 1. The van der Waals surface area contributed by atoms with Gasteiger partial charge in [0.15, 0.2) is 0 Å². The molecule has 0 aliphatic heterocycles. The second-order valence-electron chi connectivity index (χ2n) is 5.30. The van der Waals surface area contributed by atoms with Crippen molar-refractivity contribution in [1.29, 1.82) is 0 Å². The number of rotatable bonds is 9. The summed E-state index contributed by atoms with van der Waals surface area (Å²) in [5.74, 6) is 0.750. The molecule has 1 rings (SSSR count). The molecule has 0 saturated heterocycles. The molecule has 1 amide bonds. The first-order valence-electron chi connectivity index (χ1n) is 7.41. The van der Waals surface area contributed by atoms with Gasteiger partial charge >= 0.3 is 0 Å². The fourth-order valence-corrected chi connectivity index (χ4v) is 1.65. The average molecular weight is 294 g/mol. The van der Waals surface area contributed by atoms with Crippen LogP contribution < -0.4 is 15.4 Å². The Balaban J connectivity index is 2.32. The summed E-state index contributed by atoms with van der Waals surface area (Å²) in [6, 6.07) is 7.84. The lowest BCUT2D eigenvalue weighted by Crippen LogP contribution is -2.35. The summed E-state index contributed by atoms with van der Waals surface area (Å²) in [6.45, 7) is 7.18. The number of nitrogens with one attached hydrogen (secondary N) is 2. The van der Waals surface area contributed by atoms with Crippen molar-refractivity contribution in [3.63, 3.8) is 0 Å². The van der Waals surface area contributed by atoms with E-state index in [1.165, 1.54) is 0 Å². The van der Waals surface area contributed by atoms with Gasteiger partial charge in [-0.15, -0.1) is 0 Å². The van der Waals surface area contributed by atoms with E-state index in [9.17, 15) is 9.90 Å². The topological polar surface area (TPSA) is 70.6 Å². The van der Waals surface area contributed by atoms with Crippen molar-refractivity contribution in [1.82, 2.24) is 10.6 Å². The van der Waals surface area contributed by atoms with E-state index in [2.05, 4.69) is 10.6 Å². The molecule has 0 saturated carbocycles. The predicted molar refractivity (Wildman–Crippen MR) is 83.2 cm³/mol. The molecule has 1 atom stereocenters.